The minimum absolute atomic E-state index is 0.00858. The fourth-order valence-corrected chi connectivity index (χ4v) is 2.47. The summed E-state index contributed by atoms with van der Waals surface area (Å²) in [7, 11) is 0. The Balaban J connectivity index is 2.38. The first-order valence-corrected chi connectivity index (χ1v) is 7.07. The topological polar surface area (TPSA) is 55.1 Å². The Morgan fingerprint density at radius 2 is 1.96 bits per heavy atom. The number of hydrogen-bond acceptors (Lipinski definition) is 4. The molecule has 2 heterocycles. The van der Waals surface area contributed by atoms with Crippen LogP contribution in [0, 0.1) is 17.5 Å². The van der Waals surface area contributed by atoms with E-state index in [9.17, 15) is 13.2 Å². The van der Waals surface area contributed by atoms with E-state index in [2.05, 4.69) is 20.4 Å². The Morgan fingerprint density at radius 1 is 1.22 bits per heavy atom. The molecule has 0 amide bonds. The summed E-state index contributed by atoms with van der Waals surface area (Å²) >= 11 is 6.12. The van der Waals surface area contributed by atoms with Gasteiger partial charge in [-0.3, -0.25) is 0 Å². The zero-order chi connectivity index (χ0) is 16.7. The normalized spacial score (nSPS) is 11.4. The number of anilines is 1. The number of nitrogens with one attached hydrogen (secondary N) is 1. The Kier molecular flexibility index (Phi) is 3.85. The lowest BCUT2D eigenvalue weighted by Crippen LogP contribution is -2.16. The van der Waals surface area contributed by atoms with E-state index >= 15 is 0 Å². The molecule has 120 valence electrons. The molecule has 3 rings (SSSR count). The molecule has 1 aromatic carbocycles. The van der Waals surface area contributed by atoms with Crippen LogP contribution in [0.1, 0.15) is 13.8 Å². The third kappa shape index (κ3) is 2.70. The van der Waals surface area contributed by atoms with Gasteiger partial charge >= 0.3 is 0 Å². The SMILES string of the molecule is CC(C)Nc1c(-c2cc(F)cc(F)c2F)c(Cl)nc2ncnn12. The third-order valence-corrected chi connectivity index (χ3v) is 3.34. The predicted molar refractivity (Wildman–Crippen MR) is 79.9 cm³/mol. The van der Waals surface area contributed by atoms with Gasteiger partial charge in [-0.15, -0.1) is 0 Å². The number of hydrogen-bond donors (Lipinski definition) is 1. The summed E-state index contributed by atoms with van der Waals surface area (Å²) in [5.41, 5.74) is -0.338. The van der Waals surface area contributed by atoms with Crippen molar-refractivity contribution in [3.05, 3.63) is 41.1 Å². The van der Waals surface area contributed by atoms with E-state index in [0.717, 1.165) is 6.07 Å². The molecule has 0 bridgehead atoms. The average molecular weight is 342 g/mol. The van der Waals surface area contributed by atoms with Crippen LogP contribution in [0.3, 0.4) is 0 Å². The molecule has 0 aliphatic carbocycles. The van der Waals surface area contributed by atoms with Crippen molar-refractivity contribution in [2.75, 3.05) is 5.32 Å². The molecule has 0 saturated heterocycles. The molecule has 0 saturated carbocycles. The van der Waals surface area contributed by atoms with Gasteiger partial charge in [0.1, 0.15) is 23.1 Å². The number of rotatable bonds is 3. The summed E-state index contributed by atoms with van der Waals surface area (Å²) in [6, 6.07) is 1.24. The molecule has 0 unspecified atom stereocenters. The molecule has 0 spiro atoms. The highest BCUT2D eigenvalue weighted by atomic mass is 35.5. The van der Waals surface area contributed by atoms with E-state index in [1.165, 1.54) is 10.8 Å². The number of fused-ring (bicyclic) bond motifs is 1. The summed E-state index contributed by atoms with van der Waals surface area (Å²) in [6.45, 7) is 3.67. The molecule has 1 N–H and O–H groups in total. The van der Waals surface area contributed by atoms with Crippen LogP contribution in [0.4, 0.5) is 19.0 Å². The maximum absolute atomic E-state index is 14.2. The molecular weight excluding hydrogens is 331 g/mol. The quantitative estimate of drug-likeness (QED) is 0.583. The van der Waals surface area contributed by atoms with E-state index in [-0.39, 0.29) is 33.9 Å². The van der Waals surface area contributed by atoms with E-state index in [1.54, 1.807) is 0 Å². The van der Waals surface area contributed by atoms with Gasteiger partial charge in [0.25, 0.3) is 5.78 Å². The zero-order valence-corrected chi connectivity index (χ0v) is 12.9. The molecule has 0 aliphatic rings. The first-order chi connectivity index (χ1) is 10.9. The van der Waals surface area contributed by atoms with Crippen LogP contribution < -0.4 is 5.32 Å². The highest BCUT2D eigenvalue weighted by molar-refractivity contribution is 6.33. The van der Waals surface area contributed by atoms with Crippen molar-refractivity contribution in [2.24, 2.45) is 0 Å². The monoisotopic (exact) mass is 341 g/mol. The minimum Gasteiger partial charge on any atom is -0.367 e. The summed E-state index contributed by atoms with van der Waals surface area (Å²) < 4.78 is 42.6. The molecular formula is C14H11ClF3N5. The van der Waals surface area contributed by atoms with Gasteiger partial charge in [-0.05, 0) is 19.9 Å². The lowest BCUT2D eigenvalue weighted by molar-refractivity contribution is 0.497. The Labute approximate surface area is 134 Å². The van der Waals surface area contributed by atoms with Crippen molar-refractivity contribution in [3.63, 3.8) is 0 Å². The van der Waals surface area contributed by atoms with Gasteiger partial charge in [-0.2, -0.15) is 19.6 Å². The maximum Gasteiger partial charge on any atom is 0.255 e. The van der Waals surface area contributed by atoms with E-state index in [0.29, 0.717) is 6.07 Å². The van der Waals surface area contributed by atoms with Crippen LogP contribution in [-0.2, 0) is 0 Å². The largest absolute Gasteiger partial charge is 0.367 e. The van der Waals surface area contributed by atoms with Gasteiger partial charge < -0.3 is 5.32 Å². The summed E-state index contributed by atoms with van der Waals surface area (Å²) in [4.78, 5) is 7.90. The third-order valence-electron chi connectivity index (χ3n) is 3.07. The molecule has 2 aromatic heterocycles. The molecule has 0 atom stereocenters. The van der Waals surface area contributed by atoms with Crippen LogP contribution in [0.2, 0.25) is 5.15 Å². The van der Waals surface area contributed by atoms with Gasteiger partial charge in [0, 0.05) is 17.7 Å². The molecule has 0 fully saturated rings. The lowest BCUT2D eigenvalue weighted by atomic mass is 10.1. The molecule has 23 heavy (non-hydrogen) atoms. The number of nitrogens with zero attached hydrogens (tertiary/aromatic N) is 4. The van der Waals surface area contributed by atoms with Crippen LogP contribution in [0.15, 0.2) is 18.5 Å². The summed E-state index contributed by atoms with van der Waals surface area (Å²) in [6.07, 6.45) is 1.25. The molecule has 0 aliphatic heterocycles. The smallest absolute Gasteiger partial charge is 0.255 e. The highest BCUT2D eigenvalue weighted by Gasteiger charge is 2.23. The van der Waals surface area contributed by atoms with Crippen molar-refractivity contribution >= 4 is 23.2 Å². The Bertz CT molecular complexity index is 894. The summed E-state index contributed by atoms with van der Waals surface area (Å²) in [5.74, 6) is -3.04. The zero-order valence-electron chi connectivity index (χ0n) is 12.1. The van der Waals surface area contributed by atoms with Crippen molar-refractivity contribution in [1.82, 2.24) is 19.6 Å². The van der Waals surface area contributed by atoms with Gasteiger partial charge in [0.15, 0.2) is 11.6 Å². The van der Waals surface area contributed by atoms with E-state index < -0.39 is 17.5 Å². The predicted octanol–water partition coefficient (Wildman–Crippen LogP) is 3.68. The van der Waals surface area contributed by atoms with Gasteiger partial charge in [-0.1, -0.05) is 11.6 Å². The van der Waals surface area contributed by atoms with Crippen LogP contribution in [0.5, 0.6) is 0 Å². The maximum atomic E-state index is 14.2. The van der Waals surface area contributed by atoms with Crippen molar-refractivity contribution in [3.8, 4) is 11.1 Å². The van der Waals surface area contributed by atoms with Crippen LogP contribution in [0.25, 0.3) is 16.9 Å². The fourth-order valence-electron chi connectivity index (χ4n) is 2.20. The average Bonchev–Trinajstić information content (AvgIpc) is 2.91. The fraction of sp³-hybridized carbons (Fsp3) is 0.214. The summed E-state index contributed by atoms with van der Waals surface area (Å²) in [5, 5.41) is 6.88. The second-order valence-corrected chi connectivity index (χ2v) is 5.50. The van der Waals surface area contributed by atoms with Gasteiger partial charge in [-0.25, -0.2) is 13.2 Å². The number of aromatic nitrogens is 4. The van der Waals surface area contributed by atoms with Gasteiger partial charge in [0.05, 0.1) is 5.56 Å². The van der Waals surface area contributed by atoms with Crippen LogP contribution >= 0.6 is 11.6 Å². The Morgan fingerprint density at radius 3 is 2.65 bits per heavy atom. The number of halogens is 4. The lowest BCUT2D eigenvalue weighted by Gasteiger charge is -2.17. The van der Waals surface area contributed by atoms with Crippen molar-refractivity contribution < 1.29 is 13.2 Å². The van der Waals surface area contributed by atoms with E-state index in [1.807, 2.05) is 13.8 Å². The second kappa shape index (κ2) is 5.69. The highest BCUT2D eigenvalue weighted by Crippen LogP contribution is 2.36. The first-order valence-electron chi connectivity index (χ1n) is 6.69. The molecule has 5 nitrogen and oxygen atoms in total. The first kappa shape index (κ1) is 15.5. The van der Waals surface area contributed by atoms with Crippen LogP contribution in [-0.4, -0.2) is 25.6 Å². The van der Waals surface area contributed by atoms with Crippen molar-refractivity contribution in [1.29, 1.82) is 0 Å². The van der Waals surface area contributed by atoms with E-state index in [4.69, 9.17) is 11.6 Å². The number of benzene rings is 1. The molecule has 0 radical (unpaired) electrons. The van der Waals surface area contributed by atoms with Gasteiger partial charge in [0.2, 0.25) is 0 Å². The standard InChI is InChI=1S/C14H11ClF3N5/c1-6(2)21-13-10(8-3-7(16)4-9(17)11(8)18)12(15)22-14-19-5-20-23(13)14/h3-6,21H,1-2H3. The Hall–Kier alpha value is -2.35. The second-order valence-electron chi connectivity index (χ2n) is 5.15. The van der Waals surface area contributed by atoms with Crippen molar-refractivity contribution in [2.45, 2.75) is 19.9 Å². The molecule has 9 heteroatoms. The molecule has 3 aromatic rings. The minimum atomic E-state index is -1.31.